The van der Waals surface area contributed by atoms with Gasteiger partial charge in [-0.1, -0.05) is 29.4 Å². The normalized spacial score (nSPS) is 15.6. The molecule has 9 nitrogen and oxygen atoms in total. The van der Waals surface area contributed by atoms with Crippen LogP contribution in [0.1, 0.15) is 93.6 Å². The van der Waals surface area contributed by atoms with Crippen molar-refractivity contribution in [1.29, 1.82) is 0 Å². The number of carbonyl (C=O) groups excluding carboxylic acids is 3. The van der Waals surface area contributed by atoms with E-state index in [2.05, 4.69) is 11.2 Å². The van der Waals surface area contributed by atoms with Gasteiger partial charge in [0.1, 0.15) is 11.2 Å². The van der Waals surface area contributed by atoms with E-state index in [1.54, 1.807) is 23.6 Å². The van der Waals surface area contributed by atoms with Crippen LogP contribution in [0.25, 0.3) is 0 Å². The number of rotatable bonds is 2. The first-order valence-corrected chi connectivity index (χ1v) is 15.0. The molecule has 0 atom stereocenters. The third kappa shape index (κ3) is 10.1. The molecule has 0 fully saturated rings. The Morgan fingerprint density at radius 3 is 1.40 bits per heavy atom. The molecule has 0 spiro atoms. The van der Waals surface area contributed by atoms with Crippen LogP contribution in [0.4, 0.5) is 9.59 Å². The van der Waals surface area contributed by atoms with Gasteiger partial charge in [0.2, 0.25) is 0 Å². The van der Waals surface area contributed by atoms with E-state index in [-0.39, 0.29) is 18.0 Å². The molecule has 2 aliphatic heterocycles. The highest BCUT2D eigenvalue weighted by Crippen LogP contribution is 2.21. The maximum Gasteiger partial charge on any atom is 0.410 e. The molecule has 4 rings (SSSR count). The van der Waals surface area contributed by atoms with Gasteiger partial charge in [-0.05, 0) is 121 Å². The summed E-state index contributed by atoms with van der Waals surface area (Å²) in [6, 6.07) is 11.9. The molecule has 1 N–H and O–H groups in total. The third-order valence-electron chi connectivity index (χ3n) is 7.29. The molecule has 0 radical (unpaired) electrons. The van der Waals surface area contributed by atoms with Gasteiger partial charge in [-0.3, -0.25) is 4.79 Å². The van der Waals surface area contributed by atoms with Crippen molar-refractivity contribution >= 4 is 23.7 Å². The fourth-order valence-corrected chi connectivity index (χ4v) is 4.97. The minimum Gasteiger partial charge on any atom is -0.444 e. The largest absolute Gasteiger partial charge is 0.444 e. The Hall–Kier alpha value is -3.88. The number of benzene rings is 2. The van der Waals surface area contributed by atoms with Gasteiger partial charge >= 0.3 is 12.2 Å². The van der Waals surface area contributed by atoms with Gasteiger partial charge in [0.15, 0.2) is 5.78 Å². The van der Waals surface area contributed by atoms with Crippen molar-refractivity contribution < 1.29 is 29.1 Å². The zero-order chi connectivity index (χ0) is 31.9. The van der Waals surface area contributed by atoms with E-state index in [4.69, 9.17) is 14.7 Å². The number of Topliss-reactive ketones (excluding diaryl/α,β-unsaturated/α-hetero) is 1. The molecular formula is C34H47N3O6. The van der Waals surface area contributed by atoms with E-state index in [1.165, 1.54) is 16.7 Å². The molecule has 43 heavy (non-hydrogen) atoms. The van der Waals surface area contributed by atoms with Gasteiger partial charge in [0.05, 0.1) is 5.71 Å². The van der Waals surface area contributed by atoms with Gasteiger partial charge in [-0.2, -0.15) is 0 Å². The number of carbonyl (C=O) groups is 3. The average molecular weight is 594 g/mol. The Morgan fingerprint density at radius 1 is 0.651 bits per heavy atom. The molecule has 0 saturated carbocycles. The van der Waals surface area contributed by atoms with Gasteiger partial charge in [0.25, 0.3) is 0 Å². The van der Waals surface area contributed by atoms with Crippen LogP contribution in [-0.2, 0) is 35.2 Å². The Morgan fingerprint density at radius 2 is 1.02 bits per heavy atom. The number of ether oxygens (including phenoxy) is 2. The van der Waals surface area contributed by atoms with Crippen molar-refractivity contribution in [2.75, 3.05) is 26.2 Å². The number of oxime groups is 1. The van der Waals surface area contributed by atoms with Gasteiger partial charge in [-0.25, -0.2) is 9.59 Å². The van der Waals surface area contributed by atoms with E-state index in [9.17, 15) is 14.4 Å². The number of amides is 2. The first kappa shape index (κ1) is 33.6. The molecule has 2 aromatic carbocycles. The standard InChI is InChI=1S/C17H24N2O3.C17H23NO3/c1-12(18-21)14-6-5-13-7-9-19(10-8-15(13)11-14)16(20)22-17(2,3)4;1-12(19)14-6-5-13-7-9-18(10-8-15(13)11-14)16(20)21-17(2,3)4/h5-6,11,21H,7-10H2,1-4H3;5-6,11H,7-10H2,1-4H3. The molecule has 9 heteroatoms. The number of fused-ring (bicyclic) bond motifs is 2. The van der Waals surface area contributed by atoms with Crippen LogP contribution < -0.4 is 0 Å². The van der Waals surface area contributed by atoms with Crippen LogP contribution in [0.3, 0.4) is 0 Å². The molecule has 0 unspecified atom stereocenters. The average Bonchev–Trinajstić information content (AvgIpc) is 3.27. The van der Waals surface area contributed by atoms with Gasteiger partial charge in [-0.15, -0.1) is 0 Å². The van der Waals surface area contributed by atoms with E-state index < -0.39 is 11.2 Å². The van der Waals surface area contributed by atoms with Crippen LogP contribution in [-0.4, -0.2) is 76.1 Å². The van der Waals surface area contributed by atoms with Crippen molar-refractivity contribution in [1.82, 2.24) is 9.80 Å². The highest BCUT2D eigenvalue weighted by Gasteiger charge is 2.25. The maximum atomic E-state index is 12.2. The lowest BCUT2D eigenvalue weighted by Gasteiger charge is -2.26. The monoisotopic (exact) mass is 593 g/mol. The minimum atomic E-state index is -0.474. The second-order valence-electron chi connectivity index (χ2n) is 13.1. The molecule has 234 valence electrons. The fraction of sp³-hybridized carbons (Fsp3) is 0.529. The zero-order valence-corrected chi connectivity index (χ0v) is 27.0. The van der Waals surface area contributed by atoms with Crippen molar-refractivity contribution in [3.05, 3.63) is 69.8 Å². The molecule has 0 saturated heterocycles. The first-order chi connectivity index (χ1) is 20.1. The second kappa shape index (κ2) is 14.1. The number of hydrogen-bond acceptors (Lipinski definition) is 7. The lowest BCUT2D eigenvalue weighted by atomic mass is 9.98. The third-order valence-corrected chi connectivity index (χ3v) is 7.29. The summed E-state index contributed by atoms with van der Waals surface area (Å²) in [5, 5.41) is 12.1. The topological polar surface area (TPSA) is 109 Å². The van der Waals surface area contributed by atoms with Crippen LogP contribution >= 0.6 is 0 Å². The quantitative estimate of drug-likeness (QED) is 0.186. The molecule has 2 aromatic rings. The van der Waals surface area contributed by atoms with E-state index in [0.29, 0.717) is 31.9 Å². The maximum absolute atomic E-state index is 12.2. The molecule has 0 bridgehead atoms. The van der Waals surface area contributed by atoms with Crippen molar-refractivity contribution in [3.8, 4) is 0 Å². The molecule has 0 aliphatic carbocycles. The molecule has 2 heterocycles. The SMILES string of the molecule is CC(=NO)c1ccc2c(c1)CCN(C(=O)OC(C)(C)C)CC2.CC(=O)c1ccc2c(c1)CCN(C(=O)OC(C)(C)C)CC2. The van der Waals surface area contributed by atoms with Gasteiger partial charge in [0, 0.05) is 31.7 Å². The van der Waals surface area contributed by atoms with E-state index >= 15 is 0 Å². The summed E-state index contributed by atoms with van der Waals surface area (Å²) in [6.07, 6.45) is 2.63. The van der Waals surface area contributed by atoms with Crippen molar-refractivity contribution in [3.63, 3.8) is 0 Å². The minimum absolute atomic E-state index is 0.0750. The summed E-state index contributed by atoms with van der Waals surface area (Å²) in [5.41, 5.74) is 6.10. The van der Waals surface area contributed by atoms with Gasteiger partial charge < -0.3 is 24.5 Å². The Labute approximate surface area is 255 Å². The predicted molar refractivity (Wildman–Crippen MR) is 167 cm³/mol. The molecule has 2 aliphatic rings. The first-order valence-electron chi connectivity index (χ1n) is 15.0. The fourth-order valence-electron chi connectivity index (χ4n) is 4.97. The summed E-state index contributed by atoms with van der Waals surface area (Å²) in [4.78, 5) is 39.3. The van der Waals surface area contributed by atoms with E-state index in [0.717, 1.165) is 42.4 Å². The molecule has 0 aromatic heterocycles. The predicted octanol–water partition coefficient (Wildman–Crippen LogP) is 6.45. The van der Waals surface area contributed by atoms with Crippen molar-refractivity contribution in [2.45, 2.75) is 92.3 Å². The lowest BCUT2D eigenvalue weighted by molar-refractivity contribution is 0.0248. The number of hydrogen-bond donors (Lipinski definition) is 1. The molecule has 2 amide bonds. The lowest BCUT2D eigenvalue weighted by Crippen LogP contribution is -2.38. The van der Waals surface area contributed by atoms with Crippen molar-refractivity contribution in [2.24, 2.45) is 5.16 Å². The summed E-state index contributed by atoms with van der Waals surface area (Å²) < 4.78 is 10.9. The number of nitrogens with zero attached hydrogens (tertiary/aromatic N) is 3. The van der Waals surface area contributed by atoms with Crippen LogP contribution in [0.5, 0.6) is 0 Å². The Balaban J connectivity index is 0.000000236. The number of ketones is 1. The van der Waals surface area contributed by atoms with Crippen LogP contribution in [0.2, 0.25) is 0 Å². The Kier molecular flexibility index (Phi) is 11.0. The summed E-state index contributed by atoms with van der Waals surface area (Å²) in [7, 11) is 0. The van der Waals surface area contributed by atoms with E-state index in [1.807, 2.05) is 71.9 Å². The van der Waals surface area contributed by atoms with Crippen LogP contribution in [0.15, 0.2) is 41.6 Å². The molecular weight excluding hydrogens is 546 g/mol. The summed E-state index contributed by atoms with van der Waals surface area (Å²) in [5.74, 6) is 0.0750. The van der Waals surface area contributed by atoms with Crippen LogP contribution in [0, 0.1) is 0 Å². The highest BCUT2D eigenvalue weighted by atomic mass is 16.6. The zero-order valence-electron chi connectivity index (χ0n) is 27.0. The second-order valence-corrected chi connectivity index (χ2v) is 13.1. The highest BCUT2D eigenvalue weighted by molar-refractivity contribution is 5.98. The Bertz CT molecular complexity index is 1350. The summed E-state index contributed by atoms with van der Waals surface area (Å²) in [6.45, 7) is 17.2. The summed E-state index contributed by atoms with van der Waals surface area (Å²) >= 11 is 0. The smallest absolute Gasteiger partial charge is 0.410 e.